The Morgan fingerprint density at radius 3 is 2.81 bits per heavy atom. The van der Waals surface area contributed by atoms with Crippen molar-refractivity contribution in [2.24, 2.45) is 0 Å². The maximum Gasteiger partial charge on any atom is 0.209 e. The van der Waals surface area contributed by atoms with Crippen molar-refractivity contribution in [3.8, 4) is 21.8 Å². The molecule has 1 atom stereocenters. The molecule has 1 aliphatic heterocycles. The molecule has 168 valence electrons. The van der Waals surface area contributed by atoms with E-state index in [1.165, 1.54) is 27.3 Å². The molecule has 0 bridgehead atoms. The number of aryl methyl sites for hydroxylation is 2. The van der Waals surface area contributed by atoms with Gasteiger partial charge in [0, 0.05) is 29.0 Å². The van der Waals surface area contributed by atoms with E-state index < -0.39 is 6.17 Å². The number of rotatable bonds is 4. The zero-order chi connectivity index (χ0) is 20.5. The van der Waals surface area contributed by atoms with Gasteiger partial charge in [-0.2, -0.15) is 5.21 Å². The highest BCUT2D eigenvalue weighted by molar-refractivity contribution is 7.15. The van der Waals surface area contributed by atoms with Crippen molar-refractivity contribution in [3.05, 3.63) is 28.3 Å². The minimum absolute atomic E-state index is 0. The van der Waals surface area contributed by atoms with Gasteiger partial charge in [0.05, 0.1) is 12.1 Å². The molecule has 6 nitrogen and oxygen atoms in total. The summed E-state index contributed by atoms with van der Waals surface area (Å²) in [4.78, 5) is 9.82. The van der Waals surface area contributed by atoms with E-state index in [9.17, 15) is 4.39 Å². The third-order valence-electron chi connectivity index (χ3n) is 6.19. The molecule has 0 spiro atoms. The molecule has 8 heteroatoms. The smallest absolute Gasteiger partial charge is 0.209 e. The van der Waals surface area contributed by atoms with Crippen LogP contribution in [0.1, 0.15) is 64.0 Å². The van der Waals surface area contributed by atoms with Crippen LogP contribution in [0.25, 0.3) is 21.8 Å². The number of nitrogens with one attached hydrogen (secondary N) is 1. The summed E-state index contributed by atoms with van der Waals surface area (Å²) in [5.41, 5.74) is 4.57. The SMILES string of the molecule is C.CCc1ccc(-c2c3c(nc(N4CCCC(F)C4)c2-c2nn[nH]n2)CCCCC3)s1.[HH]. The summed E-state index contributed by atoms with van der Waals surface area (Å²) in [6.07, 6.45) is 7.15. The first-order chi connectivity index (χ1) is 14.7. The monoisotopic (exact) mass is 444 g/mol. The maximum atomic E-state index is 14.4. The molecule has 1 fully saturated rings. The number of tetrazole rings is 1. The summed E-state index contributed by atoms with van der Waals surface area (Å²) in [7, 11) is 0. The number of hydrogen-bond donors (Lipinski definition) is 1. The van der Waals surface area contributed by atoms with Crippen LogP contribution in [-0.4, -0.2) is 44.9 Å². The summed E-state index contributed by atoms with van der Waals surface area (Å²) in [5.74, 6) is 1.37. The van der Waals surface area contributed by atoms with Crippen molar-refractivity contribution in [3.63, 3.8) is 0 Å². The number of fused-ring (bicyclic) bond motifs is 1. The Morgan fingerprint density at radius 1 is 1.19 bits per heavy atom. The van der Waals surface area contributed by atoms with Crippen molar-refractivity contribution in [1.82, 2.24) is 25.6 Å². The topological polar surface area (TPSA) is 70.6 Å². The molecule has 0 aromatic carbocycles. The fraction of sp³-hybridized carbons (Fsp3) is 0.565. The molecule has 31 heavy (non-hydrogen) atoms. The largest absolute Gasteiger partial charge is 0.353 e. The third-order valence-corrected chi connectivity index (χ3v) is 7.44. The molecule has 1 saturated heterocycles. The minimum Gasteiger partial charge on any atom is -0.353 e. The zero-order valence-electron chi connectivity index (χ0n) is 17.3. The number of nitrogens with zero attached hydrogens (tertiary/aromatic N) is 5. The van der Waals surface area contributed by atoms with Crippen LogP contribution in [-0.2, 0) is 19.3 Å². The number of thiophene rings is 1. The highest BCUT2D eigenvalue weighted by atomic mass is 32.1. The van der Waals surface area contributed by atoms with Crippen molar-refractivity contribution >= 4 is 17.2 Å². The van der Waals surface area contributed by atoms with Crippen molar-refractivity contribution in [1.29, 1.82) is 0 Å². The maximum absolute atomic E-state index is 14.4. The van der Waals surface area contributed by atoms with E-state index in [4.69, 9.17) is 4.98 Å². The molecule has 4 heterocycles. The molecule has 5 rings (SSSR count). The average Bonchev–Trinajstić information content (AvgIpc) is 3.40. The first-order valence-corrected chi connectivity index (χ1v) is 11.8. The first-order valence-electron chi connectivity index (χ1n) is 11.0. The lowest BCUT2D eigenvalue weighted by Crippen LogP contribution is -2.37. The number of piperidine rings is 1. The van der Waals surface area contributed by atoms with Crippen molar-refractivity contribution in [2.45, 2.75) is 71.9 Å². The number of alkyl halides is 1. The van der Waals surface area contributed by atoms with Crippen LogP contribution in [0, 0.1) is 0 Å². The summed E-state index contributed by atoms with van der Waals surface area (Å²) >= 11 is 1.83. The summed E-state index contributed by atoms with van der Waals surface area (Å²) in [5, 5.41) is 15.1. The Bertz CT molecular complexity index is 1020. The number of pyridine rings is 1. The summed E-state index contributed by atoms with van der Waals surface area (Å²) in [6, 6.07) is 4.42. The Balaban J connectivity index is 0.00000144. The lowest BCUT2D eigenvalue weighted by molar-refractivity contribution is 0.286. The zero-order valence-corrected chi connectivity index (χ0v) is 18.1. The molecule has 1 aliphatic carbocycles. The number of anilines is 1. The van der Waals surface area contributed by atoms with Gasteiger partial charge in [0.1, 0.15) is 12.0 Å². The Kier molecular flexibility index (Phi) is 6.65. The predicted octanol–water partition coefficient (Wildman–Crippen LogP) is 5.64. The van der Waals surface area contributed by atoms with Gasteiger partial charge in [0.15, 0.2) is 0 Å². The van der Waals surface area contributed by atoms with Gasteiger partial charge in [0.2, 0.25) is 5.82 Å². The lowest BCUT2D eigenvalue weighted by atomic mass is 9.94. The molecule has 0 saturated carbocycles. The second-order valence-electron chi connectivity index (χ2n) is 8.21. The van der Waals surface area contributed by atoms with Crippen LogP contribution < -0.4 is 4.90 Å². The lowest BCUT2D eigenvalue weighted by Gasteiger charge is -2.32. The molecular weight excluding hydrogens is 411 g/mol. The Labute approximate surface area is 188 Å². The Morgan fingerprint density at radius 2 is 2.06 bits per heavy atom. The van der Waals surface area contributed by atoms with E-state index in [-0.39, 0.29) is 8.85 Å². The van der Waals surface area contributed by atoms with Crippen LogP contribution in [0.4, 0.5) is 10.2 Å². The molecule has 1 N–H and O–H groups in total. The van der Waals surface area contributed by atoms with Gasteiger partial charge < -0.3 is 4.90 Å². The number of hydrogen-bond acceptors (Lipinski definition) is 6. The molecule has 3 aromatic rings. The molecule has 1 unspecified atom stereocenters. The van der Waals surface area contributed by atoms with E-state index in [0.29, 0.717) is 18.8 Å². The molecular formula is C23H33FN6S. The van der Waals surface area contributed by atoms with Crippen molar-refractivity contribution < 1.29 is 5.82 Å². The van der Waals surface area contributed by atoms with Gasteiger partial charge >= 0.3 is 0 Å². The first kappa shape index (κ1) is 21.9. The second-order valence-corrected chi connectivity index (χ2v) is 9.38. The molecule has 0 amide bonds. The van der Waals surface area contributed by atoms with Crippen LogP contribution in [0.2, 0.25) is 0 Å². The molecule has 2 aliphatic rings. The molecule has 0 radical (unpaired) electrons. The quantitative estimate of drug-likeness (QED) is 0.527. The summed E-state index contributed by atoms with van der Waals surface area (Å²) in [6.45, 7) is 3.37. The van der Waals surface area contributed by atoms with E-state index >= 15 is 0 Å². The normalized spacial score (nSPS) is 18.9. The van der Waals surface area contributed by atoms with E-state index in [0.717, 1.165) is 62.1 Å². The highest BCUT2D eigenvalue weighted by Gasteiger charge is 2.30. The van der Waals surface area contributed by atoms with Gasteiger partial charge in [-0.15, -0.1) is 21.5 Å². The summed E-state index contributed by atoms with van der Waals surface area (Å²) < 4.78 is 14.4. The van der Waals surface area contributed by atoms with E-state index in [1.807, 2.05) is 11.3 Å². The van der Waals surface area contributed by atoms with Gasteiger partial charge in [-0.3, -0.25) is 0 Å². The average molecular weight is 445 g/mol. The number of aromatic amines is 1. The highest BCUT2D eigenvalue weighted by Crippen LogP contribution is 2.45. The van der Waals surface area contributed by atoms with E-state index in [2.05, 4.69) is 44.6 Å². The van der Waals surface area contributed by atoms with Crippen LogP contribution in [0.15, 0.2) is 12.1 Å². The second kappa shape index (κ2) is 9.42. The van der Waals surface area contributed by atoms with Crippen LogP contribution >= 0.6 is 11.3 Å². The molecule has 3 aromatic heterocycles. The minimum atomic E-state index is -0.825. The van der Waals surface area contributed by atoms with Gasteiger partial charge in [-0.1, -0.05) is 20.8 Å². The van der Waals surface area contributed by atoms with Crippen LogP contribution in [0.5, 0.6) is 0 Å². The Hall–Kier alpha value is -2.35. The number of aromatic nitrogens is 5. The standard InChI is InChI=1S/C22H27FN6S.CH4.H2/c1-2-15-10-11-18(30-15)19-16-8-4-3-5-9-17(16)24-22(20(19)21-25-27-28-26-21)29-12-6-7-14(23)13-29;;/h10-11,14H,2-9,12-13H2,1H3,(H,25,26,27,28);1H4;1H. The van der Waals surface area contributed by atoms with E-state index in [1.54, 1.807) is 0 Å². The fourth-order valence-electron chi connectivity index (χ4n) is 4.71. The number of H-pyrrole nitrogens is 1. The number of halogens is 1. The predicted molar refractivity (Wildman–Crippen MR) is 127 cm³/mol. The van der Waals surface area contributed by atoms with Gasteiger partial charge in [0.25, 0.3) is 0 Å². The third kappa shape index (κ3) is 4.22. The van der Waals surface area contributed by atoms with Gasteiger partial charge in [-0.05, 0) is 67.9 Å². The van der Waals surface area contributed by atoms with Crippen LogP contribution in [0.3, 0.4) is 0 Å². The fourth-order valence-corrected chi connectivity index (χ4v) is 5.73. The van der Waals surface area contributed by atoms with Crippen molar-refractivity contribution in [2.75, 3.05) is 18.0 Å². The van der Waals surface area contributed by atoms with Gasteiger partial charge in [-0.25, -0.2) is 9.37 Å².